The van der Waals surface area contributed by atoms with Gasteiger partial charge in [-0.15, -0.1) is 10.2 Å². The molecule has 114 valence electrons. The number of hydrogen-bond acceptors (Lipinski definition) is 6. The first-order valence-electron chi connectivity index (χ1n) is 6.91. The zero-order valence-corrected chi connectivity index (χ0v) is 12.8. The van der Waals surface area contributed by atoms with Crippen molar-refractivity contribution < 1.29 is 9.47 Å². The molecular formula is C14H21N5O2. The highest BCUT2D eigenvalue weighted by atomic mass is 16.5. The molecule has 0 bridgehead atoms. The molecule has 7 heteroatoms. The van der Waals surface area contributed by atoms with Crippen molar-refractivity contribution in [3.8, 4) is 11.5 Å². The molecule has 2 aromatic rings. The minimum absolute atomic E-state index is 0.186. The van der Waals surface area contributed by atoms with E-state index in [1.54, 1.807) is 14.2 Å². The van der Waals surface area contributed by atoms with E-state index in [-0.39, 0.29) is 12.6 Å². The molecule has 1 aromatic heterocycles. The Morgan fingerprint density at radius 2 is 2.19 bits per heavy atom. The Morgan fingerprint density at radius 1 is 1.38 bits per heavy atom. The number of aromatic nitrogens is 4. The second kappa shape index (κ2) is 7.03. The van der Waals surface area contributed by atoms with Crippen LogP contribution in [0.2, 0.25) is 0 Å². The third kappa shape index (κ3) is 3.91. The highest BCUT2D eigenvalue weighted by molar-refractivity contribution is 5.42. The standard InChI is InChI=1S/C14H21N5O2/c1-5-15-10(2)12-7-6-11(20-4)8-13(12)21-9-14-16-18-19(3)17-14/h6-8,10,15H,5,9H2,1-4H3. The fraction of sp³-hybridized carbons (Fsp3) is 0.500. The van der Waals surface area contributed by atoms with Crippen LogP contribution < -0.4 is 14.8 Å². The van der Waals surface area contributed by atoms with E-state index < -0.39 is 0 Å². The Hall–Kier alpha value is -2.15. The van der Waals surface area contributed by atoms with Crippen LogP contribution in [-0.2, 0) is 13.7 Å². The average molecular weight is 291 g/mol. The first-order valence-corrected chi connectivity index (χ1v) is 6.91. The average Bonchev–Trinajstić information content (AvgIpc) is 2.90. The van der Waals surface area contributed by atoms with Crippen LogP contribution in [0.15, 0.2) is 18.2 Å². The Balaban J connectivity index is 2.17. The maximum Gasteiger partial charge on any atom is 0.212 e. The predicted octanol–water partition coefficient (Wildman–Crippen LogP) is 1.47. The number of rotatable bonds is 7. The Morgan fingerprint density at radius 3 is 2.81 bits per heavy atom. The van der Waals surface area contributed by atoms with Crippen molar-refractivity contribution >= 4 is 0 Å². The molecule has 1 heterocycles. The van der Waals surface area contributed by atoms with E-state index >= 15 is 0 Å². The van der Waals surface area contributed by atoms with Crippen molar-refractivity contribution in [3.05, 3.63) is 29.6 Å². The number of methoxy groups -OCH3 is 1. The molecular weight excluding hydrogens is 270 g/mol. The first kappa shape index (κ1) is 15.2. The third-order valence-electron chi connectivity index (χ3n) is 3.10. The number of nitrogens with zero attached hydrogens (tertiary/aromatic N) is 4. The van der Waals surface area contributed by atoms with Crippen LogP contribution in [0, 0.1) is 0 Å². The lowest BCUT2D eigenvalue weighted by atomic mass is 10.1. The monoisotopic (exact) mass is 291 g/mol. The summed E-state index contributed by atoms with van der Waals surface area (Å²) in [6, 6.07) is 5.99. The minimum atomic E-state index is 0.186. The van der Waals surface area contributed by atoms with Crippen molar-refractivity contribution in [1.29, 1.82) is 0 Å². The lowest BCUT2D eigenvalue weighted by Gasteiger charge is -2.18. The van der Waals surface area contributed by atoms with E-state index in [9.17, 15) is 0 Å². The van der Waals surface area contributed by atoms with Gasteiger partial charge in [0, 0.05) is 17.7 Å². The Bertz CT molecular complexity index is 584. The van der Waals surface area contributed by atoms with Crippen molar-refractivity contribution in [2.24, 2.45) is 7.05 Å². The number of nitrogens with one attached hydrogen (secondary N) is 1. The topological polar surface area (TPSA) is 74.1 Å². The molecule has 1 N–H and O–H groups in total. The van der Waals surface area contributed by atoms with Crippen LogP contribution in [0.3, 0.4) is 0 Å². The maximum absolute atomic E-state index is 5.85. The van der Waals surface area contributed by atoms with E-state index in [4.69, 9.17) is 9.47 Å². The molecule has 0 aliphatic heterocycles. The molecule has 0 aliphatic carbocycles. The predicted molar refractivity (Wildman–Crippen MR) is 78.2 cm³/mol. The van der Waals surface area contributed by atoms with Gasteiger partial charge in [-0.1, -0.05) is 13.0 Å². The normalized spacial score (nSPS) is 12.2. The first-order chi connectivity index (χ1) is 10.1. The summed E-state index contributed by atoms with van der Waals surface area (Å²) in [5.41, 5.74) is 1.07. The third-order valence-corrected chi connectivity index (χ3v) is 3.10. The second-order valence-corrected chi connectivity index (χ2v) is 4.67. The van der Waals surface area contributed by atoms with E-state index in [1.807, 2.05) is 18.2 Å². The quantitative estimate of drug-likeness (QED) is 0.832. The van der Waals surface area contributed by atoms with E-state index in [1.165, 1.54) is 4.80 Å². The largest absolute Gasteiger partial charge is 0.497 e. The molecule has 2 rings (SSSR count). The summed E-state index contributed by atoms with van der Waals surface area (Å²) < 4.78 is 11.1. The Labute approximate surface area is 124 Å². The fourth-order valence-corrected chi connectivity index (χ4v) is 2.06. The lowest BCUT2D eigenvalue weighted by Crippen LogP contribution is -2.18. The van der Waals surface area contributed by atoms with Gasteiger partial charge in [-0.3, -0.25) is 0 Å². The molecule has 1 atom stereocenters. The highest BCUT2D eigenvalue weighted by Gasteiger charge is 2.13. The highest BCUT2D eigenvalue weighted by Crippen LogP contribution is 2.30. The zero-order chi connectivity index (χ0) is 15.2. The van der Waals surface area contributed by atoms with Crippen molar-refractivity contribution in [3.63, 3.8) is 0 Å². The SMILES string of the molecule is CCNC(C)c1ccc(OC)cc1OCc1nnn(C)n1. The van der Waals surface area contributed by atoms with Crippen LogP contribution in [0.5, 0.6) is 11.5 Å². The van der Waals surface area contributed by atoms with Crippen molar-refractivity contribution in [2.45, 2.75) is 26.5 Å². The summed E-state index contributed by atoms with van der Waals surface area (Å²) >= 11 is 0. The summed E-state index contributed by atoms with van der Waals surface area (Å²) in [5.74, 6) is 2.06. The van der Waals surface area contributed by atoms with Gasteiger partial charge in [0.1, 0.15) is 11.5 Å². The van der Waals surface area contributed by atoms with Gasteiger partial charge in [-0.25, -0.2) is 0 Å². The molecule has 0 saturated heterocycles. The molecule has 7 nitrogen and oxygen atoms in total. The van der Waals surface area contributed by atoms with Crippen LogP contribution in [0.4, 0.5) is 0 Å². The number of benzene rings is 1. The molecule has 0 fully saturated rings. The van der Waals surface area contributed by atoms with Crippen molar-refractivity contribution in [1.82, 2.24) is 25.5 Å². The number of hydrogen-bond donors (Lipinski definition) is 1. The van der Waals surface area contributed by atoms with Gasteiger partial charge >= 0.3 is 0 Å². The van der Waals surface area contributed by atoms with Crippen LogP contribution in [0.25, 0.3) is 0 Å². The summed E-state index contributed by atoms with van der Waals surface area (Å²) in [6.45, 7) is 5.33. The van der Waals surface area contributed by atoms with Crippen LogP contribution in [0.1, 0.15) is 31.3 Å². The Kier molecular flexibility index (Phi) is 5.10. The molecule has 21 heavy (non-hydrogen) atoms. The summed E-state index contributed by atoms with van der Waals surface area (Å²) in [5, 5.41) is 15.2. The lowest BCUT2D eigenvalue weighted by molar-refractivity contribution is 0.287. The second-order valence-electron chi connectivity index (χ2n) is 4.67. The van der Waals surface area contributed by atoms with Gasteiger partial charge in [-0.2, -0.15) is 4.80 Å². The number of tetrazole rings is 1. The van der Waals surface area contributed by atoms with Crippen molar-refractivity contribution in [2.75, 3.05) is 13.7 Å². The molecule has 0 spiro atoms. The van der Waals surface area contributed by atoms with Gasteiger partial charge in [0.05, 0.1) is 14.2 Å². The molecule has 1 unspecified atom stereocenters. The van der Waals surface area contributed by atoms with Gasteiger partial charge < -0.3 is 14.8 Å². The maximum atomic E-state index is 5.85. The number of ether oxygens (including phenoxy) is 2. The van der Waals surface area contributed by atoms with E-state index in [2.05, 4.69) is 34.6 Å². The molecule has 1 aromatic carbocycles. The summed E-state index contributed by atoms with van der Waals surface area (Å²) in [6.07, 6.45) is 0. The fourth-order valence-electron chi connectivity index (χ4n) is 2.06. The van der Waals surface area contributed by atoms with Gasteiger partial charge in [-0.05, 0) is 24.7 Å². The molecule has 0 amide bonds. The van der Waals surface area contributed by atoms with Crippen LogP contribution >= 0.6 is 0 Å². The van der Waals surface area contributed by atoms with Gasteiger partial charge in [0.2, 0.25) is 5.82 Å². The minimum Gasteiger partial charge on any atom is -0.497 e. The van der Waals surface area contributed by atoms with Gasteiger partial charge in [0.25, 0.3) is 0 Å². The molecule has 0 radical (unpaired) electrons. The zero-order valence-electron chi connectivity index (χ0n) is 12.8. The van der Waals surface area contributed by atoms with Crippen LogP contribution in [-0.4, -0.2) is 33.9 Å². The molecule has 0 aliphatic rings. The summed E-state index contributed by atoms with van der Waals surface area (Å²) in [4.78, 5) is 1.41. The number of aryl methyl sites for hydroxylation is 1. The van der Waals surface area contributed by atoms with E-state index in [0.717, 1.165) is 23.6 Å². The summed E-state index contributed by atoms with van der Waals surface area (Å²) in [7, 11) is 3.36. The van der Waals surface area contributed by atoms with E-state index in [0.29, 0.717) is 5.82 Å². The van der Waals surface area contributed by atoms with Gasteiger partial charge in [0.15, 0.2) is 6.61 Å². The smallest absolute Gasteiger partial charge is 0.212 e. The molecule has 0 saturated carbocycles.